The van der Waals surface area contributed by atoms with Gasteiger partial charge in [0, 0.05) is 12.6 Å². The third-order valence-corrected chi connectivity index (χ3v) is 3.18. The molecule has 1 unspecified atom stereocenters. The van der Waals surface area contributed by atoms with Crippen LogP contribution in [0.3, 0.4) is 0 Å². The van der Waals surface area contributed by atoms with Gasteiger partial charge in [0.2, 0.25) is 5.91 Å². The molecule has 0 aromatic heterocycles. The molecule has 0 aliphatic heterocycles. The Balaban J connectivity index is 2.50. The van der Waals surface area contributed by atoms with Crippen LogP contribution in [0.2, 0.25) is 0 Å². The van der Waals surface area contributed by atoms with Crippen molar-refractivity contribution in [1.29, 1.82) is 0 Å². The molecule has 0 aliphatic carbocycles. The Bertz CT molecular complexity index is 371. The number of hydrogen-bond donors (Lipinski definition) is 2. The van der Waals surface area contributed by atoms with Crippen LogP contribution >= 0.6 is 0 Å². The second-order valence-electron chi connectivity index (χ2n) is 5.37. The molecule has 1 atom stereocenters. The van der Waals surface area contributed by atoms with Crippen LogP contribution in [0.1, 0.15) is 39.2 Å². The fourth-order valence-corrected chi connectivity index (χ4v) is 1.83. The van der Waals surface area contributed by atoms with E-state index in [2.05, 4.69) is 5.32 Å². The molecular weight excluding hydrogens is 224 g/mol. The zero-order chi connectivity index (χ0) is 13.6. The van der Waals surface area contributed by atoms with Crippen molar-refractivity contribution in [1.82, 2.24) is 5.32 Å². The molecule has 0 aliphatic rings. The van der Waals surface area contributed by atoms with Crippen molar-refractivity contribution in [3.05, 3.63) is 35.9 Å². The Morgan fingerprint density at radius 2 is 1.94 bits per heavy atom. The van der Waals surface area contributed by atoms with E-state index in [4.69, 9.17) is 5.73 Å². The highest BCUT2D eigenvalue weighted by Crippen LogP contribution is 2.22. The third kappa shape index (κ3) is 4.15. The van der Waals surface area contributed by atoms with E-state index in [0.29, 0.717) is 6.54 Å². The lowest BCUT2D eigenvalue weighted by atomic mass is 9.84. The van der Waals surface area contributed by atoms with Gasteiger partial charge in [0.1, 0.15) is 0 Å². The molecule has 3 nitrogen and oxygen atoms in total. The molecule has 1 rings (SSSR count). The Hall–Kier alpha value is -1.35. The molecule has 3 N–H and O–H groups in total. The summed E-state index contributed by atoms with van der Waals surface area (Å²) < 4.78 is 0. The predicted octanol–water partition coefficient (Wildman–Crippen LogP) is 2.21. The van der Waals surface area contributed by atoms with E-state index in [1.54, 1.807) is 0 Å². The summed E-state index contributed by atoms with van der Waals surface area (Å²) in [6.45, 7) is 6.57. The van der Waals surface area contributed by atoms with Crippen molar-refractivity contribution < 1.29 is 4.79 Å². The molecule has 0 fully saturated rings. The molecular formula is C15H24N2O. The van der Waals surface area contributed by atoms with Crippen molar-refractivity contribution in [2.45, 2.75) is 45.1 Å². The summed E-state index contributed by atoms with van der Waals surface area (Å²) in [5.41, 5.74) is 6.22. The van der Waals surface area contributed by atoms with Gasteiger partial charge in [0.05, 0.1) is 5.41 Å². The van der Waals surface area contributed by atoms with Gasteiger partial charge in [-0.05, 0) is 39.2 Å². The molecule has 0 spiro atoms. The Labute approximate surface area is 110 Å². The van der Waals surface area contributed by atoms with Crippen LogP contribution < -0.4 is 11.1 Å². The molecule has 1 amide bonds. The summed E-state index contributed by atoms with van der Waals surface area (Å²) >= 11 is 0. The van der Waals surface area contributed by atoms with Crippen LogP contribution in [0.25, 0.3) is 0 Å². The SMILES string of the molecule is CC(N)CCCNC(=O)C(C)(C)c1ccccc1. The van der Waals surface area contributed by atoms with Crippen molar-refractivity contribution in [3.63, 3.8) is 0 Å². The number of carbonyl (C=O) groups excluding carboxylic acids is 1. The largest absolute Gasteiger partial charge is 0.355 e. The van der Waals surface area contributed by atoms with Gasteiger partial charge in [-0.1, -0.05) is 30.3 Å². The van der Waals surface area contributed by atoms with Gasteiger partial charge in [0.15, 0.2) is 0 Å². The van der Waals surface area contributed by atoms with Crippen molar-refractivity contribution in [2.75, 3.05) is 6.54 Å². The first-order valence-corrected chi connectivity index (χ1v) is 6.54. The average Bonchev–Trinajstić information content (AvgIpc) is 2.35. The van der Waals surface area contributed by atoms with E-state index in [1.807, 2.05) is 51.1 Å². The van der Waals surface area contributed by atoms with Gasteiger partial charge in [-0.25, -0.2) is 0 Å². The minimum Gasteiger partial charge on any atom is -0.355 e. The Kier molecular flexibility index (Phi) is 5.35. The maximum atomic E-state index is 12.2. The molecule has 0 saturated heterocycles. The van der Waals surface area contributed by atoms with Crippen LogP contribution in [0.15, 0.2) is 30.3 Å². The van der Waals surface area contributed by atoms with Crippen molar-refractivity contribution in [2.24, 2.45) is 5.73 Å². The summed E-state index contributed by atoms with van der Waals surface area (Å²) in [6, 6.07) is 10.0. The van der Waals surface area contributed by atoms with Crippen LogP contribution in [0.4, 0.5) is 0 Å². The maximum absolute atomic E-state index is 12.2. The van der Waals surface area contributed by atoms with E-state index in [0.717, 1.165) is 18.4 Å². The lowest BCUT2D eigenvalue weighted by Crippen LogP contribution is -2.40. The van der Waals surface area contributed by atoms with E-state index in [1.165, 1.54) is 0 Å². The van der Waals surface area contributed by atoms with E-state index >= 15 is 0 Å². The van der Waals surface area contributed by atoms with Gasteiger partial charge < -0.3 is 11.1 Å². The van der Waals surface area contributed by atoms with Gasteiger partial charge >= 0.3 is 0 Å². The first-order chi connectivity index (χ1) is 8.44. The average molecular weight is 248 g/mol. The van der Waals surface area contributed by atoms with Crippen molar-refractivity contribution >= 4 is 5.91 Å². The molecule has 1 aromatic rings. The first-order valence-electron chi connectivity index (χ1n) is 6.54. The van der Waals surface area contributed by atoms with Crippen LogP contribution in [-0.2, 0) is 10.2 Å². The van der Waals surface area contributed by atoms with Crippen LogP contribution in [0.5, 0.6) is 0 Å². The van der Waals surface area contributed by atoms with Gasteiger partial charge in [-0.2, -0.15) is 0 Å². The topological polar surface area (TPSA) is 55.1 Å². The molecule has 100 valence electrons. The number of amides is 1. The normalized spacial score (nSPS) is 13.1. The summed E-state index contributed by atoms with van der Waals surface area (Å²) in [6.07, 6.45) is 1.86. The number of rotatable bonds is 6. The Morgan fingerprint density at radius 3 is 2.50 bits per heavy atom. The number of hydrogen-bond acceptors (Lipinski definition) is 2. The fraction of sp³-hybridized carbons (Fsp3) is 0.533. The minimum absolute atomic E-state index is 0.0679. The van der Waals surface area contributed by atoms with Gasteiger partial charge in [-0.15, -0.1) is 0 Å². The molecule has 3 heteroatoms. The molecule has 0 bridgehead atoms. The first kappa shape index (κ1) is 14.7. The minimum atomic E-state index is -0.490. The summed E-state index contributed by atoms with van der Waals surface area (Å²) in [5, 5.41) is 2.98. The highest BCUT2D eigenvalue weighted by molar-refractivity contribution is 5.87. The highest BCUT2D eigenvalue weighted by Gasteiger charge is 2.28. The van der Waals surface area contributed by atoms with Gasteiger partial charge in [0.25, 0.3) is 0 Å². The standard InChI is InChI=1S/C15H24N2O/c1-12(16)8-7-11-17-14(18)15(2,3)13-9-5-4-6-10-13/h4-6,9-10,12H,7-8,11,16H2,1-3H3,(H,17,18). The zero-order valence-corrected chi connectivity index (χ0v) is 11.6. The molecule has 0 saturated carbocycles. The lowest BCUT2D eigenvalue weighted by Gasteiger charge is -2.24. The number of carbonyl (C=O) groups is 1. The molecule has 18 heavy (non-hydrogen) atoms. The molecule has 1 aromatic carbocycles. The summed E-state index contributed by atoms with van der Waals surface area (Å²) in [7, 11) is 0. The summed E-state index contributed by atoms with van der Waals surface area (Å²) in [4.78, 5) is 12.2. The van der Waals surface area contributed by atoms with Gasteiger partial charge in [-0.3, -0.25) is 4.79 Å². The molecule has 0 heterocycles. The van der Waals surface area contributed by atoms with Crippen LogP contribution in [-0.4, -0.2) is 18.5 Å². The smallest absolute Gasteiger partial charge is 0.230 e. The number of benzene rings is 1. The monoisotopic (exact) mass is 248 g/mol. The second kappa shape index (κ2) is 6.55. The Morgan fingerprint density at radius 1 is 1.33 bits per heavy atom. The number of nitrogens with one attached hydrogen (secondary N) is 1. The molecule has 0 radical (unpaired) electrons. The van der Waals surface area contributed by atoms with E-state index in [9.17, 15) is 4.79 Å². The lowest BCUT2D eigenvalue weighted by molar-refractivity contribution is -0.125. The van der Waals surface area contributed by atoms with E-state index in [-0.39, 0.29) is 11.9 Å². The van der Waals surface area contributed by atoms with Crippen LogP contribution in [0, 0.1) is 0 Å². The van der Waals surface area contributed by atoms with E-state index < -0.39 is 5.41 Å². The fourth-order valence-electron chi connectivity index (χ4n) is 1.83. The predicted molar refractivity (Wildman–Crippen MR) is 75.4 cm³/mol. The quantitative estimate of drug-likeness (QED) is 0.758. The highest BCUT2D eigenvalue weighted by atomic mass is 16.2. The number of nitrogens with two attached hydrogens (primary N) is 1. The third-order valence-electron chi connectivity index (χ3n) is 3.18. The van der Waals surface area contributed by atoms with Crippen molar-refractivity contribution in [3.8, 4) is 0 Å². The second-order valence-corrected chi connectivity index (χ2v) is 5.37. The maximum Gasteiger partial charge on any atom is 0.230 e. The summed E-state index contributed by atoms with van der Waals surface area (Å²) in [5.74, 6) is 0.0679. The zero-order valence-electron chi connectivity index (χ0n) is 11.6.